The monoisotopic (exact) mass is 412 g/mol. The molecule has 0 radical (unpaired) electrons. The van der Waals surface area contributed by atoms with E-state index in [1.807, 2.05) is 0 Å². The van der Waals surface area contributed by atoms with Crippen LogP contribution in [0.4, 0.5) is 0 Å². The van der Waals surface area contributed by atoms with Gasteiger partial charge < -0.3 is 4.74 Å². The lowest BCUT2D eigenvalue weighted by molar-refractivity contribution is 0.192. The molecule has 0 N–H and O–H groups in total. The maximum atomic E-state index is 6.58. The van der Waals surface area contributed by atoms with Crippen LogP contribution in [-0.2, 0) is 0 Å². The van der Waals surface area contributed by atoms with Gasteiger partial charge in [-0.25, -0.2) is 0 Å². The lowest BCUT2D eigenvalue weighted by atomic mass is 9.76. The molecule has 130 valence electrons. The molecule has 2 bridgehead atoms. The van der Waals surface area contributed by atoms with Crippen molar-refractivity contribution in [3.8, 4) is 5.75 Å². The highest BCUT2D eigenvalue weighted by atomic mass is 79.9. The molecule has 0 amide bonds. The van der Waals surface area contributed by atoms with Gasteiger partial charge >= 0.3 is 0 Å². The highest BCUT2D eigenvalue weighted by molar-refractivity contribution is 9.10. The first-order valence-corrected chi connectivity index (χ1v) is 9.84. The second-order valence-electron chi connectivity index (χ2n) is 6.78. The van der Waals surface area contributed by atoms with Crippen molar-refractivity contribution in [3.63, 3.8) is 0 Å². The molecule has 2 heteroatoms. The Labute approximate surface area is 167 Å². The summed E-state index contributed by atoms with van der Waals surface area (Å²) in [6.07, 6.45) is 22.0. The average molecular weight is 413 g/mol. The standard InChI is InChI=1S/C25H17BrO/c26-21-11-12-22-18(16-21)10-13-24-23(22)14-15-25(27-24)19-8-6-4-2-1-3-5-7-9-20(25)17-19/h2-16H,1H2/b4-2-,5-3-,8-6-,9-7?. The van der Waals surface area contributed by atoms with Crippen molar-refractivity contribution in [1.29, 1.82) is 0 Å². The molecule has 1 nitrogen and oxygen atoms in total. The van der Waals surface area contributed by atoms with Crippen molar-refractivity contribution in [3.05, 3.63) is 112 Å². The Balaban J connectivity index is 1.60. The minimum Gasteiger partial charge on any atom is -0.472 e. The molecule has 0 saturated carbocycles. The van der Waals surface area contributed by atoms with Crippen LogP contribution in [0.5, 0.6) is 5.75 Å². The predicted molar refractivity (Wildman–Crippen MR) is 116 cm³/mol. The molecule has 5 rings (SSSR count). The molecule has 27 heavy (non-hydrogen) atoms. The van der Waals surface area contributed by atoms with Crippen LogP contribution in [0, 0.1) is 0 Å². The van der Waals surface area contributed by atoms with Gasteiger partial charge in [-0.1, -0.05) is 64.5 Å². The number of halogens is 1. The fraction of sp³-hybridized carbons (Fsp3) is 0.0800. The normalized spacial score (nSPS) is 26.0. The molecule has 0 aromatic heterocycles. The summed E-state index contributed by atoms with van der Waals surface area (Å²) in [5.41, 5.74) is 6.12. The van der Waals surface area contributed by atoms with E-state index in [2.05, 4.69) is 113 Å². The molecule has 2 aliphatic carbocycles. The van der Waals surface area contributed by atoms with E-state index >= 15 is 0 Å². The Morgan fingerprint density at radius 3 is 2.44 bits per heavy atom. The van der Waals surface area contributed by atoms with E-state index in [0.29, 0.717) is 0 Å². The van der Waals surface area contributed by atoms with Crippen LogP contribution in [0.1, 0.15) is 12.0 Å². The van der Waals surface area contributed by atoms with E-state index in [0.717, 1.165) is 33.4 Å². The number of fused-ring (bicyclic) bond motifs is 5. The zero-order valence-electron chi connectivity index (χ0n) is 14.7. The lowest BCUT2D eigenvalue weighted by Crippen LogP contribution is -2.42. The van der Waals surface area contributed by atoms with Gasteiger partial charge in [0.15, 0.2) is 5.60 Å². The van der Waals surface area contributed by atoms with Crippen molar-refractivity contribution in [2.24, 2.45) is 0 Å². The summed E-state index contributed by atoms with van der Waals surface area (Å²) >= 11 is 3.55. The molecule has 1 spiro atoms. The Kier molecular flexibility index (Phi) is 3.89. The molecule has 1 unspecified atom stereocenters. The first-order chi connectivity index (χ1) is 13.3. The minimum atomic E-state index is -0.552. The van der Waals surface area contributed by atoms with Gasteiger partial charge in [0.05, 0.1) is 0 Å². The van der Waals surface area contributed by atoms with Crippen LogP contribution in [-0.4, -0.2) is 5.60 Å². The zero-order chi connectivity index (χ0) is 18.3. The zero-order valence-corrected chi connectivity index (χ0v) is 16.2. The molecule has 2 aromatic carbocycles. The molecule has 3 aliphatic rings. The summed E-state index contributed by atoms with van der Waals surface area (Å²) in [4.78, 5) is 0. The Morgan fingerprint density at radius 1 is 0.889 bits per heavy atom. The van der Waals surface area contributed by atoms with Gasteiger partial charge in [-0.05, 0) is 59.7 Å². The van der Waals surface area contributed by atoms with Crippen molar-refractivity contribution in [2.45, 2.75) is 12.0 Å². The minimum absolute atomic E-state index is 0.552. The molecule has 0 fully saturated rings. The molecular formula is C25H17BrO. The molecule has 1 atom stereocenters. The first-order valence-electron chi connectivity index (χ1n) is 9.05. The van der Waals surface area contributed by atoms with Crippen LogP contribution in [0.2, 0.25) is 0 Å². The third-order valence-electron chi connectivity index (χ3n) is 5.10. The topological polar surface area (TPSA) is 9.23 Å². The number of hydrogen-bond acceptors (Lipinski definition) is 1. The number of benzene rings is 2. The summed E-state index contributed by atoms with van der Waals surface area (Å²) in [6, 6.07) is 10.5. The van der Waals surface area contributed by atoms with Crippen LogP contribution in [0.25, 0.3) is 16.8 Å². The molecule has 1 aliphatic heterocycles. The summed E-state index contributed by atoms with van der Waals surface area (Å²) in [6.45, 7) is 0. The quantitative estimate of drug-likeness (QED) is 0.430. The SMILES string of the molecule is Brc1ccc2c3c(ccc2c1)OC1(C=C3)C2=C=C1/C=C\C=C/C/C=C\C=C2. The van der Waals surface area contributed by atoms with E-state index < -0.39 is 5.60 Å². The van der Waals surface area contributed by atoms with Crippen molar-refractivity contribution in [2.75, 3.05) is 0 Å². The highest BCUT2D eigenvalue weighted by Gasteiger charge is 2.44. The van der Waals surface area contributed by atoms with Gasteiger partial charge in [0.25, 0.3) is 0 Å². The first kappa shape index (κ1) is 16.4. The number of rotatable bonds is 0. The Hall–Kier alpha value is -2.80. The number of ether oxygens (including phenoxy) is 1. The molecule has 2 aromatic rings. The Bertz CT molecular complexity index is 1130. The predicted octanol–water partition coefficient (Wildman–Crippen LogP) is 6.84. The molecule has 0 saturated heterocycles. The van der Waals surface area contributed by atoms with E-state index in [-0.39, 0.29) is 0 Å². The van der Waals surface area contributed by atoms with Gasteiger partial charge in [0.2, 0.25) is 0 Å². The van der Waals surface area contributed by atoms with E-state index in [4.69, 9.17) is 4.74 Å². The van der Waals surface area contributed by atoms with Crippen LogP contribution in [0.15, 0.2) is 106 Å². The van der Waals surface area contributed by atoms with Crippen molar-refractivity contribution in [1.82, 2.24) is 0 Å². The lowest BCUT2D eigenvalue weighted by Gasteiger charge is -2.40. The fourth-order valence-electron chi connectivity index (χ4n) is 3.70. The van der Waals surface area contributed by atoms with Crippen LogP contribution >= 0.6 is 15.9 Å². The van der Waals surface area contributed by atoms with Gasteiger partial charge in [-0.2, -0.15) is 0 Å². The highest BCUT2D eigenvalue weighted by Crippen LogP contribution is 2.46. The second kappa shape index (κ2) is 6.42. The summed E-state index contributed by atoms with van der Waals surface area (Å²) in [7, 11) is 0. The van der Waals surface area contributed by atoms with Gasteiger partial charge in [-0.3, -0.25) is 0 Å². The second-order valence-corrected chi connectivity index (χ2v) is 7.69. The number of hydrogen-bond donors (Lipinski definition) is 0. The smallest absolute Gasteiger partial charge is 0.192 e. The summed E-state index contributed by atoms with van der Waals surface area (Å²) in [5.74, 6) is 0.906. The molecule has 1 heterocycles. The van der Waals surface area contributed by atoms with E-state index in [1.165, 1.54) is 10.8 Å². The Morgan fingerprint density at radius 2 is 1.67 bits per heavy atom. The average Bonchev–Trinajstić information content (AvgIpc) is 2.67. The fourth-order valence-corrected chi connectivity index (χ4v) is 4.08. The van der Waals surface area contributed by atoms with Crippen LogP contribution in [0.3, 0.4) is 0 Å². The third kappa shape index (κ3) is 2.70. The van der Waals surface area contributed by atoms with Crippen molar-refractivity contribution < 1.29 is 4.74 Å². The third-order valence-corrected chi connectivity index (χ3v) is 5.59. The van der Waals surface area contributed by atoms with Gasteiger partial charge in [-0.15, -0.1) is 5.73 Å². The largest absolute Gasteiger partial charge is 0.472 e. The van der Waals surface area contributed by atoms with Crippen molar-refractivity contribution >= 4 is 32.8 Å². The van der Waals surface area contributed by atoms with Crippen LogP contribution < -0.4 is 4.74 Å². The number of allylic oxidation sites excluding steroid dienone is 6. The van der Waals surface area contributed by atoms with E-state index in [1.54, 1.807) is 0 Å². The molecular weight excluding hydrogens is 396 g/mol. The van der Waals surface area contributed by atoms with Gasteiger partial charge in [0.1, 0.15) is 5.75 Å². The summed E-state index contributed by atoms with van der Waals surface area (Å²) < 4.78 is 7.66. The van der Waals surface area contributed by atoms with E-state index in [9.17, 15) is 0 Å². The summed E-state index contributed by atoms with van der Waals surface area (Å²) in [5, 5.41) is 2.40. The maximum Gasteiger partial charge on any atom is 0.192 e. The maximum absolute atomic E-state index is 6.58. The van der Waals surface area contributed by atoms with Gasteiger partial charge in [0, 0.05) is 21.2 Å².